The Kier molecular flexibility index (Phi) is 5.36. The quantitative estimate of drug-likeness (QED) is 0.894. The Labute approximate surface area is 132 Å². The number of carboxylic acid groups (broad SMARTS) is 1. The van der Waals surface area contributed by atoms with Crippen LogP contribution in [0, 0.1) is 6.92 Å². The second-order valence-corrected chi connectivity index (χ2v) is 6.50. The maximum absolute atomic E-state index is 12.4. The summed E-state index contributed by atoms with van der Waals surface area (Å²) in [5.74, 6) is 0.575. The van der Waals surface area contributed by atoms with Crippen molar-refractivity contribution in [3.63, 3.8) is 0 Å². The fourth-order valence-electron chi connectivity index (χ4n) is 2.21. The molecule has 5 nitrogen and oxygen atoms in total. The Bertz CT molecular complexity index is 553. The lowest BCUT2D eigenvalue weighted by atomic mass is 10.2. The van der Waals surface area contributed by atoms with Crippen LogP contribution in [-0.4, -0.2) is 46.1 Å². The molecule has 21 heavy (non-hydrogen) atoms. The minimum atomic E-state index is -0.890. The van der Waals surface area contributed by atoms with E-state index in [0.29, 0.717) is 23.0 Å². The first-order valence-electron chi connectivity index (χ1n) is 6.60. The van der Waals surface area contributed by atoms with Gasteiger partial charge in [0.1, 0.15) is 0 Å². The number of benzene rings is 1. The molecule has 1 saturated heterocycles. The van der Waals surface area contributed by atoms with Gasteiger partial charge in [0.25, 0.3) is 0 Å². The van der Waals surface area contributed by atoms with Crippen LogP contribution in [0.25, 0.3) is 0 Å². The molecule has 1 aromatic rings. The Hall–Kier alpha value is -1.40. The second kappa shape index (κ2) is 7.04. The Morgan fingerprint density at radius 1 is 1.52 bits per heavy atom. The number of nitrogens with zero attached hydrogens (tertiary/aromatic N) is 1. The lowest BCUT2D eigenvalue weighted by Gasteiger charge is -2.34. The maximum Gasteiger partial charge on any atom is 0.322 e. The number of amides is 2. The highest BCUT2D eigenvalue weighted by molar-refractivity contribution is 7.99. The largest absolute Gasteiger partial charge is 0.481 e. The van der Waals surface area contributed by atoms with Crippen molar-refractivity contribution in [1.82, 2.24) is 4.90 Å². The van der Waals surface area contributed by atoms with Crippen molar-refractivity contribution >= 4 is 41.1 Å². The number of nitrogens with one attached hydrogen (secondary N) is 1. The van der Waals surface area contributed by atoms with Gasteiger partial charge in [-0.25, -0.2) is 4.79 Å². The Morgan fingerprint density at radius 2 is 2.29 bits per heavy atom. The summed E-state index contributed by atoms with van der Waals surface area (Å²) in [6.07, 6.45) is -0.0328. The van der Waals surface area contributed by atoms with E-state index < -0.39 is 5.97 Å². The van der Waals surface area contributed by atoms with Gasteiger partial charge in [-0.2, -0.15) is 11.8 Å². The van der Waals surface area contributed by atoms with Crippen molar-refractivity contribution in [3.05, 3.63) is 28.8 Å². The number of aryl methyl sites for hydroxylation is 1. The summed E-state index contributed by atoms with van der Waals surface area (Å²) in [5, 5.41) is 12.3. The monoisotopic (exact) mass is 328 g/mol. The number of hydrogen-bond acceptors (Lipinski definition) is 3. The first kappa shape index (κ1) is 16.0. The third-order valence-corrected chi connectivity index (χ3v) is 4.67. The van der Waals surface area contributed by atoms with E-state index >= 15 is 0 Å². The summed E-state index contributed by atoms with van der Waals surface area (Å²) < 4.78 is 0. The summed E-state index contributed by atoms with van der Waals surface area (Å²) in [4.78, 5) is 24.9. The molecule has 2 amide bonds. The van der Waals surface area contributed by atoms with Gasteiger partial charge >= 0.3 is 12.0 Å². The molecule has 2 rings (SSSR count). The van der Waals surface area contributed by atoms with Crippen molar-refractivity contribution < 1.29 is 14.7 Å². The van der Waals surface area contributed by atoms with E-state index in [-0.39, 0.29) is 18.5 Å². The zero-order valence-corrected chi connectivity index (χ0v) is 13.2. The molecule has 0 aromatic heterocycles. The normalized spacial score (nSPS) is 18.4. The van der Waals surface area contributed by atoms with Gasteiger partial charge < -0.3 is 15.3 Å². The van der Waals surface area contributed by atoms with Crippen LogP contribution in [0.15, 0.2) is 18.2 Å². The number of carbonyl (C=O) groups is 2. The molecule has 2 N–H and O–H groups in total. The number of carboxylic acids is 1. The molecule has 1 unspecified atom stereocenters. The number of hydrogen-bond donors (Lipinski definition) is 2. The lowest BCUT2D eigenvalue weighted by Crippen LogP contribution is -2.49. The van der Waals surface area contributed by atoms with Crippen LogP contribution in [0.3, 0.4) is 0 Å². The maximum atomic E-state index is 12.4. The number of thioether (sulfide) groups is 1. The molecule has 1 aromatic carbocycles. The van der Waals surface area contributed by atoms with Crippen LogP contribution >= 0.6 is 23.4 Å². The van der Waals surface area contributed by atoms with E-state index in [1.807, 2.05) is 13.0 Å². The number of halogens is 1. The fourth-order valence-corrected chi connectivity index (χ4v) is 3.44. The molecule has 1 fully saturated rings. The van der Waals surface area contributed by atoms with Crippen molar-refractivity contribution in [3.8, 4) is 0 Å². The molecule has 7 heteroatoms. The number of rotatable bonds is 3. The summed E-state index contributed by atoms with van der Waals surface area (Å²) in [5.41, 5.74) is 1.56. The molecule has 114 valence electrons. The molecule has 0 saturated carbocycles. The number of aliphatic carboxylic acids is 1. The molecule has 0 spiro atoms. The average molecular weight is 329 g/mol. The topological polar surface area (TPSA) is 69.6 Å². The van der Waals surface area contributed by atoms with Crippen LogP contribution < -0.4 is 5.32 Å². The highest BCUT2D eigenvalue weighted by Crippen LogP contribution is 2.23. The van der Waals surface area contributed by atoms with Gasteiger partial charge in [-0.3, -0.25) is 4.79 Å². The Balaban J connectivity index is 2.10. The summed E-state index contributed by atoms with van der Waals surface area (Å²) >= 11 is 7.61. The predicted octanol–water partition coefficient (Wildman–Crippen LogP) is 3.07. The minimum absolute atomic E-state index is 0.0328. The first-order valence-corrected chi connectivity index (χ1v) is 8.14. The highest BCUT2D eigenvalue weighted by atomic mass is 35.5. The van der Waals surface area contributed by atoms with E-state index in [9.17, 15) is 9.59 Å². The van der Waals surface area contributed by atoms with E-state index in [4.69, 9.17) is 16.7 Å². The van der Waals surface area contributed by atoms with Crippen LogP contribution in [0.4, 0.5) is 10.5 Å². The van der Waals surface area contributed by atoms with Crippen molar-refractivity contribution in [2.24, 2.45) is 0 Å². The molecule has 0 bridgehead atoms. The van der Waals surface area contributed by atoms with E-state index in [0.717, 1.165) is 11.3 Å². The number of anilines is 1. The standard InChI is InChI=1S/C14H17ClN2O3S/c1-9-2-3-10(15)6-12(9)16-14(20)17-4-5-21-8-11(17)7-13(18)19/h2-3,6,11H,4-5,7-8H2,1H3,(H,16,20)(H,18,19). The Morgan fingerprint density at radius 3 is 3.00 bits per heavy atom. The molecule has 0 aliphatic carbocycles. The second-order valence-electron chi connectivity index (χ2n) is 4.91. The zero-order valence-electron chi connectivity index (χ0n) is 11.6. The zero-order chi connectivity index (χ0) is 15.4. The summed E-state index contributed by atoms with van der Waals surface area (Å²) in [6.45, 7) is 2.43. The molecule has 0 radical (unpaired) electrons. The smallest absolute Gasteiger partial charge is 0.322 e. The SMILES string of the molecule is Cc1ccc(Cl)cc1NC(=O)N1CCSCC1CC(=O)O. The van der Waals surface area contributed by atoms with Crippen molar-refractivity contribution in [2.75, 3.05) is 23.4 Å². The van der Waals surface area contributed by atoms with Gasteiger partial charge in [0.15, 0.2) is 0 Å². The van der Waals surface area contributed by atoms with E-state index in [2.05, 4.69) is 5.32 Å². The fraction of sp³-hybridized carbons (Fsp3) is 0.429. The third-order valence-electron chi connectivity index (χ3n) is 3.34. The molecule has 1 atom stereocenters. The molecule has 1 aliphatic heterocycles. The average Bonchev–Trinajstić information content (AvgIpc) is 2.42. The van der Waals surface area contributed by atoms with Crippen molar-refractivity contribution in [2.45, 2.75) is 19.4 Å². The third kappa shape index (κ3) is 4.28. The molecular weight excluding hydrogens is 312 g/mol. The summed E-state index contributed by atoms with van der Waals surface area (Å²) in [6, 6.07) is 4.74. The molecule has 1 heterocycles. The van der Waals surface area contributed by atoms with Crippen molar-refractivity contribution in [1.29, 1.82) is 0 Å². The van der Waals surface area contributed by atoms with Crippen LogP contribution in [-0.2, 0) is 4.79 Å². The highest BCUT2D eigenvalue weighted by Gasteiger charge is 2.29. The molecule has 1 aliphatic rings. The molecular formula is C14H17ClN2O3S. The van der Waals surface area contributed by atoms with Gasteiger partial charge in [-0.1, -0.05) is 17.7 Å². The van der Waals surface area contributed by atoms with Gasteiger partial charge in [0.05, 0.1) is 12.5 Å². The van der Waals surface area contributed by atoms with Gasteiger partial charge in [-0.15, -0.1) is 0 Å². The minimum Gasteiger partial charge on any atom is -0.481 e. The van der Waals surface area contributed by atoms with E-state index in [1.165, 1.54) is 0 Å². The van der Waals surface area contributed by atoms with E-state index in [1.54, 1.807) is 28.8 Å². The predicted molar refractivity (Wildman–Crippen MR) is 85.3 cm³/mol. The van der Waals surface area contributed by atoms with Crippen LogP contribution in [0.2, 0.25) is 5.02 Å². The number of urea groups is 1. The van der Waals surface area contributed by atoms with Gasteiger partial charge in [0.2, 0.25) is 0 Å². The van der Waals surface area contributed by atoms with Gasteiger partial charge in [-0.05, 0) is 24.6 Å². The van der Waals surface area contributed by atoms with Gasteiger partial charge in [0, 0.05) is 28.8 Å². The summed E-state index contributed by atoms with van der Waals surface area (Å²) in [7, 11) is 0. The lowest BCUT2D eigenvalue weighted by molar-refractivity contribution is -0.137. The number of carbonyl (C=O) groups excluding carboxylic acids is 1. The van der Waals surface area contributed by atoms with Crippen LogP contribution in [0.5, 0.6) is 0 Å². The van der Waals surface area contributed by atoms with Crippen LogP contribution in [0.1, 0.15) is 12.0 Å². The first-order chi connectivity index (χ1) is 9.97.